The number of furan rings is 2. The second kappa shape index (κ2) is 6.92. The number of fused-ring (bicyclic) bond motifs is 10. The Bertz CT molecular complexity index is 2030. The van der Waals surface area contributed by atoms with E-state index in [-0.39, 0.29) is 11.6 Å². The predicted molar refractivity (Wildman–Crippen MR) is 141 cm³/mol. The Morgan fingerprint density at radius 3 is 1.25 bits per heavy atom. The standard InChI is InChI=1S/C32H16F2O2/c33-27-15-25-21-11-9-17(13-29(21)35-31(25)23-7-3-1-5-19(23)27)18-10-12-22-26-16-28(34)20-6-2-4-8-24(20)32(26)36-30(22)14-18/h1-16H. The third kappa shape index (κ3) is 2.58. The summed E-state index contributed by atoms with van der Waals surface area (Å²) in [6.45, 7) is 0. The molecule has 0 aliphatic heterocycles. The van der Waals surface area contributed by atoms with Crippen molar-refractivity contribution in [2.45, 2.75) is 0 Å². The molecule has 2 nitrogen and oxygen atoms in total. The van der Waals surface area contributed by atoms with Crippen LogP contribution in [0.3, 0.4) is 0 Å². The van der Waals surface area contributed by atoms with Crippen LogP contribution in [0, 0.1) is 11.6 Å². The summed E-state index contributed by atoms with van der Waals surface area (Å²) < 4.78 is 42.0. The molecule has 0 amide bonds. The summed E-state index contributed by atoms with van der Waals surface area (Å²) in [5.74, 6) is -0.520. The van der Waals surface area contributed by atoms with Gasteiger partial charge in [-0.15, -0.1) is 0 Å². The Hall–Kier alpha value is -4.70. The van der Waals surface area contributed by atoms with Crippen molar-refractivity contribution in [3.05, 3.63) is 109 Å². The van der Waals surface area contributed by atoms with Crippen molar-refractivity contribution in [3.8, 4) is 11.1 Å². The number of hydrogen-bond acceptors (Lipinski definition) is 2. The lowest BCUT2D eigenvalue weighted by Gasteiger charge is -2.02. The van der Waals surface area contributed by atoms with Crippen LogP contribution in [-0.2, 0) is 0 Å². The van der Waals surface area contributed by atoms with Crippen LogP contribution in [0.1, 0.15) is 0 Å². The van der Waals surface area contributed by atoms with E-state index < -0.39 is 0 Å². The number of benzene rings is 6. The predicted octanol–water partition coefficient (Wildman–Crippen LogP) is 9.74. The molecule has 0 N–H and O–H groups in total. The highest BCUT2D eigenvalue weighted by Gasteiger charge is 2.16. The van der Waals surface area contributed by atoms with E-state index in [2.05, 4.69) is 0 Å². The number of rotatable bonds is 1. The molecule has 0 bridgehead atoms. The maximum Gasteiger partial charge on any atom is 0.143 e. The average molecular weight is 470 g/mol. The van der Waals surface area contributed by atoms with E-state index in [1.165, 1.54) is 0 Å². The van der Waals surface area contributed by atoms with Gasteiger partial charge in [0.2, 0.25) is 0 Å². The van der Waals surface area contributed by atoms with Crippen LogP contribution in [0.4, 0.5) is 8.78 Å². The molecular formula is C32H16F2O2. The zero-order valence-corrected chi connectivity index (χ0v) is 18.8. The first-order chi connectivity index (χ1) is 17.7. The topological polar surface area (TPSA) is 26.3 Å². The normalized spacial score (nSPS) is 12.2. The largest absolute Gasteiger partial charge is 0.455 e. The molecule has 0 atom stereocenters. The summed E-state index contributed by atoms with van der Waals surface area (Å²) in [4.78, 5) is 0. The molecule has 170 valence electrons. The van der Waals surface area contributed by atoms with E-state index in [0.717, 1.165) is 43.4 Å². The van der Waals surface area contributed by atoms with Crippen LogP contribution >= 0.6 is 0 Å². The Balaban J connectivity index is 1.34. The smallest absolute Gasteiger partial charge is 0.143 e. The second-order valence-electron chi connectivity index (χ2n) is 9.19. The molecule has 4 heteroatoms. The minimum Gasteiger partial charge on any atom is -0.455 e. The Labute approximate surface area is 202 Å². The third-order valence-corrected chi connectivity index (χ3v) is 7.19. The quantitative estimate of drug-likeness (QED) is 0.239. The Kier molecular flexibility index (Phi) is 3.77. The van der Waals surface area contributed by atoms with Gasteiger partial charge in [0.15, 0.2) is 0 Å². The summed E-state index contributed by atoms with van der Waals surface area (Å²) in [5.41, 5.74) is 4.64. The van der Waals surface area contributed by atoms with E-state index in [1.54, 1.807) is 24.3 Å². The molecule has 6 aromatic carbocycles. The van der Waals surface area contributed by atoms with Crippen molar-refractivity contribution < 1.29 is 17.6 Å². The van der Waals surface area contributed by atoms with Gasteiger partial charge in [-0.1, -0.05) is 60.7 Å². The van der Waals surface area contributed by atoms with Gasteiger partial charge in [-0.3, -0.25) is 0 Å². The van der Waals surface area contributed by atoms with Gasteiger partial charge < -0.3 is 8.83 Å². The first kappa shape index (κ1) is 19.6. The van der Waals surface area contributed by atoms with E-state index >= 15 is 0 Å². The number of hydrogen-bond donors (Lipinski definition) is 0. The van der Waals surface area contributed by atoms with Crippen LogP contribution in [-0.4, -0.2) is 0 Å². The molecule has 8 rings (SSSR count). The molecule has 0 unspecified atom stereocenters. The van der Waals surface area contributed by atoms with E-state index in [4.69, 9.17) is 8.83 Å². The van der Waals surface area contributed by atoms with Crippen LogP contribution < -0.4 is 0 Å². The molecule has 0 fully saturated rings. The van der Waals surface area contributed by atoms with Gasteiger partial charge in [0.25, 0.3) is 0 Å². The van der Waals surface area contributed by atoms with Crippen molar-refractivity contribution in [3.63, 3.8) is 0 Å². The van der Waals surface area contributed by atoms with Crippen LogP contribution in [0.2, 0.25) is 0 Å². The van der Waals surface area contributed by atoms with Crippen molar-refractivity contribution >= 4 is 65.4 Å². The van der Waals surface area contributed by atoms with Gasteiger partial charge >= 0.3 is 0 Å². The van der Waals surface area contributed by atoms with Crippen LogP contribution in [0.25, 0.3) is 76.5 Å². The lowest BCUT2D eigenvalue weighted by atomic mass is 10.0. The zero-order valence-electron chi connectivity index (χ0n) is 18.8. The number of halogens is 2. The van der Waals surface area contributed by atoms with Gasteiger partial charge in [-0.25, -0.2) is 8.78 Å². The minimum atomic E-state index is -0.260. The fourth-order valence-electron chi connectivity index (χ4n) is 5.47. The zero-order chi connectivity index (χ0) is 24.0. The first-order valence-corrected chi connectivity index (χ1v) is 11.7. The van der Waals surface area contributed by atoms with Gasteiger partial charge in [0.05, 0.1) is 0 Å². The van der Waals surface area contributed by atoms with Gasteiger partial charge in [-0.05, 0) is 47.5 Å². The summed E-state index contributed by atoms with van der Waals surface area (Å²) in [6.07, 6.45) is 0. The Morgan fingerprint density at radius 1 is 0.389 bits per heavy atom. The molecular weight excluding hydrogens is 454 g/mol. The van der Waals surface area contributed by atoms with E-state index in [0.29, 0.717) is 33.1 Å². The fraction of sp³-hybridized carbons (Fsp3) is 0. The molecule has 2 heterocycles. The maximum atomic E-state index is 14.7. The highest BCUT2D eigenvalue weighted by atomic mass is 19.1. The van der Waals surface area contributed by atoms with Gasteiger partial charge in [-0.2, -0.15) is 0 Å². The maximum absolute atomic E-state index is 14.7. The second-order valence-corrected chi connectivity index (χ2v) is 9.19. The summed E-state index contributed by atoms with van der Waals surface area (Å²) >= 11 is 0. The van der Waals surface area contributed by atoms with Gasteiger partial charge in [0.1, 0.15) is 34.0 Å². The molecule has 0 aliphatic rings. The van der Waals surface area contributed by atoms with Crippen LogP contribution in [0.15, 0.2) is 106 Å². The lowest BCUT2D eigenvalue weighted by molar-refractivity contribution is 0.638. The highest BCUT2D eigenvalue weighted by Crippen LogP contribution is 2.39. The molecule has 0 spiro atoms. The minimum absolute atomic E-state index is 0.260. The monoisotopic (exact) mass is 470 g/mol. The van der Waals surface area contributed by atoms with Crippen molar-refractivity contribution in [2.75, 3.05) is 0 Å². The lowest BCUT2D eigenvalue weighted by Crippen LogP contribution is -1.80. The molecule has 0 radical (unpaired) electrons. The third-order valence-electron chi connectivity index (χ3n) is 7.19. The first-order valence-electron chi connectivity index (χ1n) is 11.7. The molecule has 0 saturated carbocycles. The average Bonchev–Trinajstić information content (AvgIpc) is 3.47. The van der Waals surface area contributed by atoms with E-state index in [9.17, 15) is 8.78 Å². The summed E-state index contributed by atoms with van der Waals surface area (Å²) in [7, 11) is 0. The highest BCUT2D eigenvalue weighted by molar-refractivity contribution is 6.17. The molecule has 2 aromatic heterocycles. The Morgan fingerprint density at radius 2 is 0.806 bits per heavy atom. The van der Waals surface area contributed by atoms with E-state index in [1.807, 2.05) is 72.8 Å². The molecule has 36 heavy (non-hydrogen) atoms. The summed E-state index contributed by atoms with van der Waals surface area (Å²) in [6, 6.07) is 29.7. The molecule has 8 aromatic rings. The van der Waals surface area contributed by atoms with Crippen molar-refractivity contribution in [2.24, 2.45) is 0 Å². The van der Waals surface area contributed by atoms with Crippen molar-refractivity contribution in [1.29, 1.82) is 0 Å². The van der Waals surface area contributed by atoms with Crippen LogP contribution in [0.5, 0.6) is 0 Å². The van der Waals surface area contributed by atoms with Gasteiger partial charge in [0, 0.05) is 43.1 Å². The molecule has 0 aliphatic carbocycles. The SMILES string of the molecule is Fc1cc2c3ccc(-c4ccc5c(c4)oc4c6ccccc6c(F)cc54)cc3oc2c2ccccc12. The summed E-state index contributed by atoms with van der Waals surface area (Å²) in [5, 5.41) is 5.85. The molecule has 0 saturated heterocycles. The van der Waals surface area contributed by atoms with Crippen molar-refractivity contribution in [1.82, 2.24) is 0 Å². The fourth-order valence-corrected chi connectivity index (χ4v) is 5.47.